The molecule has 6 heteroatoms. The number of ether oxygens (including phenoxy) is 1. The van der Waals surface area contributed by atoms with E-state index in [1.165, 1.54) is 11.8 Å². The number of hydrogen-bond donors (Lipinski definition) is 3. The van der Waals surface area contributed by atoms with E-state index in [2.05, 4.69) is 5.32 Å². The highest BCUT2D eigenvalue weighted by Crippen LogP contribution is 2.42. The number of rotatable bonds is 6. The van der Waals surface area contributed by atoms with E-state index >= 15 is 0 Å². The molecule has 1 aromatic rings. The van der Waals surface area contributed by atoms with Gasteiger partial charge in [-0.15, -0.1) is 11.8 Å². The number of carbonyl (C=O) groups excluding carboxylic acids is 1. The molecule has 0 spiro atoms. The molecule has 5 nitrogen and oxygen atoms in total. The number of primary amides is 1. The highest BCUT2D eigenvalue weighted by molar-refractivity contribution is 8.01. The minimum atomic E-state index is -0.852. The van der Waals surface area contributed by atoms with Gasteiger partial charge in [-0.25, -0.2) is 0 Å². The van der Waals surface area contributed by atoms with Gasteiger partial charge in [0.15, 0.2) is 4.87 Å². The molecule has 0 saturated carbocycles. The van der Waals surface area contributed by atoms with Gasteiger partial charge in [0.25, 0.3) is 0 Å². The first-order valence-electron chi connectivity index (χ1n) is 6.57. The summed E-state index contributed by atoms with van der Waals surface area (Å²) < 4.78 is 5.23. The van der Waals surface area contributed by atoms with Crippen molar-refractivity contribution in [2.75, 3.05) is 26.0 Å². The summed E-state index contributed by atoms with van der Waals surface area (Å²) in [5.41, 5.74) is 6.58. The Bertz CT molecular complexity index is 475. The summed E-state index contributed by atoms with van der Waals surface area (Å²) in [6, 6.07) is 7.57. The quantitative estimate of drug-likeness (QED) is 0.719. The first kappa shape index (κ1) is 15.2. The molecule has 0 aliphatic carbocycles. The molecule has 110 valence electrons. The standard InChI is InChI=1S/C14H20N2O3S/c1-19-11-4-2-3-10(9-11)12(5-7-17)14(13(15)18)16-6-8-20-14/h2-4,9,12,16-17H,5-8H2,1H3,(H2,15,18). The van der Waals surface area contributed by atoms with Crippen molar-refractivity contribution < 1.29 is 14.6 Å². The number of benzene rings is 1. The zero-order valence-electron chi connectivity index (χ0n) is 11.5. The van der Waals surface area contributed by atoms with Crippen LogP contribution < -0.4 is 15.8 Å². The van der Waals surface area contributed by atoms with Crippen LogP contribution in [-0.4, -0.2) is 41.9 Å². The van der Waals surface area contributed by atoms with Gasteiger partial charge in [0.05, 0.1) is 7.11 Å². The molecule has 1 saturated heterocycles. The van der Waals surface area contributed by atoms with E-state index in [0.29, 0.717) is 6.42 Å². The van der Waals surface area contributed by atoms with E-state index in [1.54, 1.807) is 7.11 Å². The second kappa shape index (κ2) is 6.47. The van der Waals surface area contributed by atoms with E-state index in [1.807, 2.05) is 24.3 Å². The zero-order chi connectivity index (χ0) is 14.6. The minimum absolute atomic E-state index is 0.000847. The maximum absolute atomic E-state index is 12.0. The summed E-state index contributed by atoms with van der Waals surface area (Å²) in [5, 5.41) is 12.6. The summed E-state index contributed by atoms with van der Waals surface area (Å²) in [6.07, 6.45) is 0.468. The van der Waals surface area contributed by atoms with Crippen molar-refractivity contribution in [3.63, 3.8) is 0 Å². The van der Waals surface area contributed by atoms with Gasteiger partial charge in [0, 0.05) is 24.8 Å². The van der Waals surface area contributed by atoms with Crippen LogP contribution in [-0.2, 0) is 4.79 Å². The molecule has 1 aliphatic rings. The number of methoxy groups -OCH3 is 1. The van der Waals surface area contributed by atoms with Crippen LogP contribution in [0, 0.1) is 0 Å². The summed E-state index contributed by atoms with van der Waals surface area (Å²) in [5.74, 6) is 0.983. The van der Waals surface area contributed by atoms with Gasteiger partial charge in [-0.05, 0) is 24.1 Å². The van der Waals surface area contributed by atoms with Gasteiger partial charge >= 0.3 is 0 Å². The van der Waals surface area contributed by atoms with Gasteiger partial charge in [-0.2, -0.15) is 0 Å². The molecule has 2 unspecified atom stereocenters. The lowest BCUT2D eigenvalue weighted by atomic mass is 9.87. The predicted octanol–water partition coefficient (Wildman–Crippen LogP) is 0.679. The van der Waals surface area contributed by atoms with E-state index in [-0.39, 0.29) is 18.4 Å². The van der Waals surface area contributed by atoms with Crippen LogP contribution in [0.2, 0.25) is 0 Å². The first-order valence-corrected chi connectivity index (χ1v) is 7.56. The lowest BCUT2D eigenvalue weighted by Crippen LogP contribution is -2.54. The third-order valence-electron chi connectivity index (χ3n) is 3.59. The van der Waals surface area contributed by atoms with Gasteiger partial charge < -0.3 is 15.6 Å². The smallest absolute Gasteiger partial charge is 0.248 e. The van der Waals surface area contributed by atoms with Crippen molar-refractivity contribution >= 4 is 17.7 Å². The molecule has 1 aromatic carbocycles. The topological polar surface area (TPSA) is 84.6 Å². The Morgan fingerprint density at radius 2 is 2.45 bits per heavy atom. The van der Waals surface area contributed by atoms with Crippen molar-refractivity contribution in [2.24, 2.45) is 5.73 Å². The molecular formula is C14H20N2O3S. The second-order valence-electron chi connectivity index (χ2n) is 4.72. The zero-order valence-corrected chi connectivity index (χ0v) is 12.3. The summed E-state index contributed by atoms with van der Waals surface area (Å²) >= 11 is 1.52. The molecule has 0 aromatic heterocycles. The number of carbonyl (C=O) groups is 1. The van der Waals surface area contributed by atoms with Crippen LogP contribution in [0.15, 0.2) is 24.3 Å². The average Bonchev–Trinajstić information content (AvgIpc) is 2.95. The van der Waals surface area contributed by atoms with Crippen LogP contribution in [0.4, 0.5) is 0 Å². The SMILES string of the molecule is COc1cccc(C(CCO)C2(C(N)=O)NCCS2)c1. The number of nitrogens with two attached hydrogens (primary N) is 1. The third-order valence-corrected chi connectivity index (χ3v) is 5.08. The van der Waals surface area contributed by atoms with Crippen LogP contribution in [0.25, 0.3) is 0 Å². The van der Waals surface area contributed by atoms with Gasteiger partial charge in [-0.3, -0.25) is 10.1 Å². The molecule has 1 fully saturated rings. The average molecular weight is 296 g/mol. The number of hydrogen-bond acceptors (Lipinski definition) is 5. The summed E-state index contributed by atoms with van der Waals surface area (Å²) in [4.78, 5) is 11.1. The van der Waals surface area contributed by atoms with Crippen molar-refractivity contribution in [1.29, 1.82) is 0 Å². The second-order valence-corrected chi connectivity index (χ2v) is 6.06. The van der Waals surface area contributed by atoms with Crippen LogP contribution in [0.5, 0.6) is 5.75 Å². The minimum Gasteiger partial charge on any atom is -0.497 e. The van der Waals surface area contributed by atoms with Gasteiger partial charge in [0.2, 0.25) is 5.91 Å². The van der Waals surface area contributed by atoms with Crippen molar-refractivity contribution in [3.8, 4) is 5.75 Å². The molecular weight excluding hydrogens is 276 g/mol. The first-order chi connectivity index (χ1) is 9.64. The lowest BCUT2D eigenvalue weighted by molar-refractivity contribution is -0.121. The number of amides is 1. The number of nitrogens with one attached hydrogen (secondary N) is 1. The Labute approximate surface area is 122 Å². The lowest BCUT2D eigenvalue weighted by Gasteiger charge is -2.34. The highest BCUT2D eigenvalue weighted by Gasteiger charge is 2.47. The number of thioether (sulfide) groups is 1. The Morgan fingerprint density at radius 3 is 3.00 bits per heavy atom. The molecule has 1 aliphatic heterocycles. The van der Waals surface area contributed by atoms with Crippen molar-refractivity contribution in [2.45, 2.75) is 17.2 Å². The monoisotopic (exact) mass is 296 g/mol. The van der Waals surface area contributed by atoms with Crippen LogP contribution >= 0.6 is 11.8 Å². The molecule has 20 heavy (non-hydrogen) atoms. The maximum Gasteiger partial charge on any atom is 0.248 e. The number of aliphatic hydroxyl groups excluding tert-OH is 1. The molecule has 2 rings (SSSR count). The molecule has 0 radical (unpaired) electrons. The highest BCUT2D eigenvalue weighted by atomic mass is 32.2. The van der Waals surface area contributed by atoms with Crippen molar-refractivity contribution in [3.05, 3.63) is 29.8 Å². The molecule has 2 atom stereocenters. The van der Waals surface area contributed by atoms with E-state index in [0.717, 1.165) is 23.6 Å². The summed E-state index contributed by atoms with van der Waals surface area (Å²) in [6.45, 7) is 0.735. The van der Waals surface area contributed by atoms with Crippen molar-refractivity contribution in [1.82, 2.24) is 5.32 Å². The fraction of sp³-hybridized carbons (Fsp3) is 0.500. The summed E-state index contributed by atoms with van der Waals surface area (Å²) in [7, 11) is 1.60. The third kappa shape index (κ3) is 2.77. The van der Waals surface area contributed by atoms with Gasteiger partial charge in [0.1, 0.15) is 5.75 Å². The van der Waals surface area contributed by atoms with Crippen LogP contribution in [0.3, 0.4) is 0 Å². The molecule has 1 amide bonds. The Hall–Kier alpha value is -1.24. The van der Waals surface area contributed by atoms with Crippen LogP contribution in [0.1, 0.15) is 17.9 Å². The largest absolute Gasteiger partial charge is 0.497 e. The molecule has 4 N–H and O–H groups in total. The normalized spacial score (nSPS) is 23.5. The number of aliphatic hydroxyl groups is 1. The Balaban J connectivity index is 2.41. The van der Waals surface area contributed by atoms with E-state index < -0.39 is 4.87 Å². The fourth-order valence-electron chi connectivity index (χ4n) is 2.65. The Kier molecular flexibility index (Phi) is 4.91. The molecule has 0 bridgehead atoms. The predicted molar refractivity (Wildman–Crippen MR) is 79.8 cm³/mol. The molecule has 1 heterocycles. The Morgan fingerprint density at radius 1 is 1.65 bits per heavy atom. The van der Waals surface area contributed by atoms with Gasteiger partial charge in [-0.1, -0.05) is 12.1 Å². The fourth-order valence-corrected chi connectivity index (χ4v) is 3.97. The van der Waals surface area contributed by atoms with E-state index in [4.69, 9.17) is 10.5 Å². The van der Waals surface area contributed by atoms with E-state index in [9.17, 15) is 9.90 Å². The maximum atomic E-state index is 12.0.